The van der Waals surface area contributed by atoms with Gasteiger partial charge in [0.25, 0.3) is 5.91 Å². The summed E-state index contributed by atoms with van der Waals surface area (Å²) in [5.74, 6) is 1.30. The maximum atomic E-state index is 13.4. The van der Waals surface area contributed by atoms with Crippen LogP contribution in [0.1, 0.15) is 48.3 Å². The molecule has 0 spiro atoms. The fraction of sp³-hybridized carbons (Fsp3) is 0.231. The zero-order chi connectivity index (χ0) is 22.2. The largest absolute Gasteiger partial charge is 0.310 e. The van der Waals surface area contributed by atoms with Crippen molar-refractivity contribution >= 4 is 11.7 Å². The number of aromatic nitrogens is 4. The van der Waals surface area contributed by atoms with Crippen LogP contribution in [0, 0.1) is 0 Å². The molecule has 0 atom stereocenters. The Morgan fingerprint density at radius 1 is 1.00 bits per heavy atom. The minimum atomic E-state index is -0.0224. The van der Waals surface area contributed by atoms with Crippen molar-refractivity contribution < 1.29 is 4.79 Å². The number of carbonyl (C=O) groups is 1. The Labute approximate surface area is 187 Å². The minimum absolute atomic E-state index is 0.0224. The predicted octanol–water partition coefficient (Wildman–Crippen LogP) is 5.31. The smallest absolute Gasteiger partial charge is 0.260 e. The lowest BCUT2D eigenvalue weighted by Crippen LogP contribution is -2.24. The molecule has 4 aromatic rings. The SMILES string of the molecule is CCc1ccccc1-c1ccc2c(c1)C(=O)N(c1cccc(-c3nncn3C(C)C)n1)C2. The lowest BCUT2D eigenvalue weighted by atomic mass is 9.95. The molecule has 6 heteroatoms. The van der Waals surface area contributed by atoms with E-state index in [4.69, 9.17) is 4.98 Å². The number of benzene rings is 2. The van der Waals surface area contributed by atoms with Crippen molar-refractivity contribution in [2.75, 3.05) is 4.90 Å². The topological polar surface area (TPSA) is 63.9 Å². The predicted molar refractivity (Wildman–Crippen MR) is 125 cm³/mol. The molecular formula is C26H25N5O. The van der Waals surface area contributed by atoms with Gasteiger partial charge in [0.2, 0.25) is 0 Å². The molecule has 0 N–H and O–H groups in total. The Hall–Kier alpha value is -3.80. The van der Waals surface area contributed by atoms with E-state index in [0.717, 1.165) is 23.1 Å². The van der Waals surface area contributed by atoms with Crippen molar-refractivity contribution in [2.24, 2.45) is 0 Å². The summed E-state index contributed by atoms with van der Waals surface area (Å²) in [6.07, 6.45) is 2.66. The Kier molecular flexibility index (Phi) is 5.05. The normalized spacial score (nSPS) is 13.1. The van der Waals surface area contributed by atoms with E-state index in [1.807, 2.05) is 34.9 Å². The van der Waals surface area contributed by atoms with E-state index >= 15 is 0 Å². The second kappa shape index (κ2) is 8.04. The van der Waals surface area contributed by atoms with Gasteiger partial charge in [-0.25, -0.2) is 4.98 Å². The summed E-state index contributed by atoms with van der Waals surface area (Å²) in [6, 6.07) is 20.5. The maximum absolute atomic E-state index is 13.4. The Bertz CT molecular complexity index is 1310. The first-order chi connectivity index (χ1) is 15.6. The van der Waals surface area contributed by atoms with Gasteiger partial charge in [-0.2, -0.15) is 0 Å². The summed E-state index contributed by atoms with van der Waals surface area (Å²) in [5.41, 5.74) is 5.99. The molecule has 2 aromatic heterocycles. The summed E-state index contributed by atoms with van der Waals surface area (Å²) >= 11 is 0. The number of nitrogens with zero attached hydrogens (tertiary/aromatic N) is 5. The van der Waals surface area contributed by atoms with E-state index in [-0.39, 0.29) is 11.9 Å². The molecule has 1 aliphatic rings. The quantitative estimate of drug-likeness (QED) is 0.436. The maximum Gasteiger partial charge on any atom is 0.260 e. The highest BCUT2D eigenvalue weighted by atomic mass is 16.2. The number of carbonyl (C=O) groups excluding carboxylic acids is 1. The van der Waals surface area contributed by atoms with Crippen LogP contribution in [-0.2, 0) is 13.0 Å². The number of aryl methyl sites for hydroxylation is 1. The molecular weight excluding hydrogens is 398 g/mol. The standard InChI is InChI=1S/C26H25N5O/c1-4-18-8-5-6-9-21(18)19-12-13-20-15-30(26(32)22(20)14-19)24-11-7-10-23(28-24)25-29-27-16-31(25)17(2)3/h5-14,16-17H,4,15H2,1-3H3. The fourth-order valence-electron chi connectivity index (χ4n) is 4.27. The van der Waals surface area contributed by atoms with Gasteiger partial charge in [0.15, 0.2) is 5.82 Å². The lowest BCUT2D eigenvalue weighted by molar-refractivity contribution is 0.0996. The molecule has 160 valence electrons. The van der Waals surface area contributed by atoms with Crippen molar-refractivity contribution in [3.8, 4) is 22.6 Å². The van der Waals surface area contributed by atoms with E-state index in [0.29, 0.717) is 23.9 Å². The van der Waals surface area contributed by atoms with E-state index in [1.165, 1.54) is 11.1 Å². The molecule has 3 heterocycles. The van der Waals surface area contributed by atoms with Crippen molar-refractivity contribution in [2.45, 2.75) is 39.8 Å². The first kappa shape index (κ1) is 20.1. The first-order valence-electron chi connectivity index (χ1n) is 11.0. The summed E-state index contributed by atoms with van der Waals surface area (Å²) in [5, 5.41) is 8.28. The van der Waals surface area contributed by atoms with Gasteiger partial charge in [0, 0.05) is 11.6 Å². The second-order valence-corrected chi connectivity index (χ2v) is 8.31. The van der Waals surface area contributed by atoms with E-state index in [9.17, 15) is 4.79 Å². The second-order valence-electron chi connectivity index (χ2n) is 8.31. The van der Waals surface area contributed by atoms with Crippen LogP contribution in [0.4, 0.5) is 5.82 Å². The highest BCUT2D eigenvalue weighted by molar-refractivity contribution is 6.10. The number of fused-ring (bicyclic) bond motifs is 1. The van der Waals surface area contributed by atoms with Gasteiger partial charge >= 0.3 is 0 Å². The molecule has 5 rings (SSSR count). The van der Waals surface area contributed by atoms with Gasteiger partial charge in [0.1, 0.15) is 17.8 Å². The molecule has 0 bridgehead atoms. The number of pyridine rings is 1. The van der Waals surface area contributed by atoms with Crippen LogP contribution in [0.2, 0.25) is 0 Å². The van der Waals surface area contributed by atoms with Crippen molar-refractivity contribution in [1.82, 2.24) is 19.7 Å². The first-order valence-corrected chi connectivity index (χ1v) is 11.0. The van der Waals surface area contributed by atoms with Gasteiger partial charge in [-0.1, -0.05) is 49.4 Å². The van der Waals surface area contributed by atoms with Crippen LogP contribution in [0.25, 0.3) is 22.6 Å². The zero-order valence-corrected chi connectivity index (χ0v) is 18.5. The number of amides is 1. The molecule has 32 heavy (non-hydrogen) atoms. The summed E-state index contributed by atoms with van der Waals surface area (Å²) in [7, 11) is 0. The Balaban J connectivity index is 1.49. The van der Waals surface area contributed by atoms with Crippen molar-refractivity contribution in [1.29, 1.82) is 0 Å². The zero-order valence-electron chi connectivity index (χ0n) is 18.5. The highest BCUT2D eigenvalue weighted by Gasteiger charge is 2.30. The highest BCUT2D eigenvalue weighted by Crippen LogP contribution is 2.33. The van der Waals surface area contributed by atoms with Gasteiger partial charge in [-0.15, -0.1) is 10.2 Å². The molecule has 1 amide bonds. The van der Waals surface area contributed by atoms with Crippen LogP contribution < -0.4 is 4.90 Å². The third kappa shape index (κ3) is 3.38. The van der Waals surface area contributed by atoms with E-state index < -0.39 is 0 Å². The van der Waals surface area contributed by atoms with E-state index in [1.54, 1.807) is 11.2 Å². The number of rotatable bonds is 5. The monoisotopic (exact) mass is 423 g/mol. The van der Waals surface area contributed by atoms with Gasteiger partial charge in [-0.05, 0) is 60.7 Å². The van der Waals surface area contributed by atoms with Crippen LogP contribution in [0.5, 0.6) is 0 Å². The van der Waals surface area contributed by atoms with Crippen LogP contribution >= 0.6 is 0 Å². The van der Waals surface area contributed by atoms with Gasteiger partial charge in [-0.3, -0.25) is 9.69 Å². The minimum Gasteiger partial charge on any atom is -0.310 e. The van der Waals surface area contributed by atoms with E-state index in [2.05, 4.69) is 61.3 Å². The third-order valence-corrected chi connectivity index (χ3v) is 5.99. The molecule has 0 unspecified atom stereocenters. The van der Waals surface area contributed by atoms with Crippen LogP contribution in [0.15, 0.2) is 67.0 Å². The lowest BCUT2D eigenvalue weighted by Gasteiger charge is -2.16. The third-order valence-electron chi connectivity index (χ3n) is 5.99. The average molecular weight is 424 g/mol. The number of hydrogen-bond donors (Lipinski definition) is 0. The van der Waals surface area contributed by atoms with Crippen molar-refractivity contribution in [3.05, 3.63) is 83.7 Å². The number of anilines is 1. The van der Waals surface area contributed by atoms with Gasteiger partial charge < -0.3 is 4.57 Å². The fourth-order valence-corrected chi connectivity index (χ4v) is 4.27. The molecule has 0 saturated carbocycles. The average Bonchev–Trinajstić information content (AvgIpc) is 3.44. The van der Waals surface area contributed by atoms with Gasteiger partial charge in [0.05, 0.1) is 6.54 Å². The molecule has 1 aliphatic heterocycles. The Morgan fingerprint density at radius 3 is 2.66 bits per heavy atom. The number of hydrogen-bond acceptors (Lipinski definition) is 4. The van der Waals surface area contributed by atoms with Crippen LogP contribution in [0.3, 0.4) is 0 Å². The molecule has 0 saturated heterocycles. The molecule has 0 radical (unpaired) electrons. The molecule has 2 aromatic carbocycles. The summed E-state index contributed by atoms with van der Waals surface area (Å²) in [6.45, 7) is 6.81. The molecule has 0 aliphatic carbocycles. The van der Waals surface area contributed by atoms with Crippen molar-refractivity contribution in [3.63, 3.8) is 0 Å². The Morgan fingerprint density at radius 2 is 1.84 bits per heavy atom. The molecule has 0 fully saturated rings. The molecule has 6 nitrogen and oxygen atoms in total. The van der Waals surface area contributed by atoms with Crippen LogP contribution in [-0.4, -0.2) is 25.7 Å². The summed E-state index contributed by atoms with van der Waals surface area (Å²) < 4.78 is 1.98. The summed E-state index contributed by atoms with van der Waals surface area (Å²) in [4.78, 5) is 19.9.